The lowest BCUT2D eigenvalue weighted by atomic mass is 10.1. The van der Waals surface area contributed by atoms with Gasteiger partial charge >= 0.3 is 0 Å². The van der Waals surface area contributed by atoms with E-state index in [0.717, 1.165) is 18.8 Å². The normalized spacial score (nSPS) is 12.5. The number of rotatable bonds is 9. The Morgan fingerprint density at radius 2 is 2.00 bits per heavy atom. The summed E-state index contributed by atoms with van der Waals surface area (Å²) in [5.74, 6) is 0. The molecule has 0 heterocycles. The molecule has 2 nitrogen and oxygen atoms in total. The molecule has 0 aromatic carbocycles. The van der Waals surface area contributed by atoms with Crippen molar-refractivity contribution in [1.82, 2.24) is 10.6 Å². The van der Waals surface area contributed by atoms with E-state index in [1.165, 1.54) is 25.7 Å². The van der Waals surface area contributed by atoms with Crippen LogP contribution in [0.15, 0.2) is 12.3 Å². The van der Waals surface area contributed by atoms with Crippen LogP contribution in [0.1, 0.15) is 46.5 Å². The number of unbranched alkanes of at least 4 members (excludes halogenated alkanes) is 1. The van der Waals surface area contributed by atoms with Crippen LogP contribution in [0.4, 0.5) is 0 Å². The molecule has 0 fully saturated rings. The molecule has 0 saturated carbocycles. The standard InChI is InChI=1S/C12H26N2/c1-5-7-8-11(3)14-12(4)10-13-9-6-2/h11,13-14H,4-10H2,1-3H3. The van der Waals surface area contributed by atoms with Gasteiger partial charge in [0.05, 0.1) is 0 Å². The molecule has 1 unspecified atom stereocenters. The highest BCUT2D eigenvalue weighted by Crippen LogP contribution is 2.00. The SMILES string of the molecule is C=C(CNCCC)NC(C)CCCC. The fourth-order valence-electron chi connectivity index (χ4n) is 1.40. The van der Waals surface area contributed by atoms with Crippen molar-refractivity contribution in [2.24, 2.45) is 0 Å². The molecule has 84 valence electrons. The average molecular weight is 198 g/mol. The highest BCUT2D eigenvalue weighted by atomic mass is 15.0. The average Bonchev–Trinajstić information content (AvgIpc) is 2.15. The summed E-state index contributed by atoms with van der Waals surface area (Å²) in [6, 6.07) is 0.561. The summed E-state index contributed by atoms with van der Waals surface area (Å²) in [5, 5.41) is 6.75. The molecule has 2 N–H and O–H groups in total. The van der Waals surface area contributed by atoms with E-state index in [4.69, 9.17) is 0 Å². The molecule has 0 aliphatic rings. The van der Waals surface area contributed by atoms with Crippen LogP contribution in [-0.4, -0.2) is 19.1 Å². The molecule has 0 amide bonds. The molecule has 14 heavy (non-hydrogen) atoms. The minimum Gasteiger partial charge on any atom is -0.385 e. The first-order chi connectivity index (χ1) is 6.70. The third-order valence-corrected chi connectivity index (χ3v) is 2.21. The summed E-state index contributed by atoms with van der Waals surface area (Å²) in [4.78, 5) is 0. The van der Waals surface area contributed by atoms with Crippen LogP contribution in [0.3, 0.4) is 0 Å². The number of hydrogen-bond donors (Lipinski definition) is 2. The molecule has 0 bridgehead atoms. The van der Waals surface area contributed by atoms with Gasteiger partial charge < -0.3 is 10.6 Å². The molecule has 0 spiro atoms. The molecule has 2 heteroatoms. The summed E-state index contributed by atoms with van der Waals surface area (Å²) < 4.78 is 0. The van der Waals surface area contributed by atoms with Crippen molar-refractivity contribution in [1.29, 1.82) is 0 Å². The molecule has 0 aliphatic heterocycles. The van der Waals surface area contributed by atoms with E-state index in [1.54, 1.807) is 0 Å². The summed E-state index contributed by atoms with van der Waals surface area (Å²) >= 11 is 0. The molecule has 0 saturated heterocycles. The zero-order valence-corrected chi connectivity index (χ0v) is 10.0. The zero-order chi connectivity index (χ0) is 10.8. The minimum absolute atomic E-state index is 0.561. The summed E-state index contributed by atoms with van der Waals surface area (Å²) in [5.41, 5.74) is 1.11. The molecule has 0 aliphatic carbocycles. The quantitative estimate of drug-likeness (QED) is 0.557. The first-order valence-electron chi connectivity index (χ1n) is 5.85. The van der Waals surface area contributed by atoms with Crippen molar-refractivity contribution in [3.05, 3.63) is 12.3 Å². The minimum atomic E-state index is 0.561. The van der Waals surface area contributed by atoms with Crippen LogP contribution in [0.5, 0.6) is 0 Å². The van der Waals surface area contributed by atoms with Gasteiger partial charge in [-0.1, -0.05) is 33.3 Å². The van der Waals surface area contributed by atoms with Gasteiger partial charge in [0, 0.05) is 18.3 Å². The lowest BCUT2D eigenvalue weighted by Crippen LogP contribution is -2.31. The summed E-state index contributed by atoms with van der Waals surface area (Å²) in [6.45, 7) is 12.6. The Labute approximate surface area is 89.2 Å². The Kier molecular flexibility index (Phi) is 8.75. The second-order valence-electron chi connectivity index (χ2n) is 3.97. The molecule has 0 radical (unpaired) electrons. The van der Waals surface area contributed by atoms with E-state index in [0.29, 0.717) is 6.04 Å². The highest BCUT2D eigenvalue weighted by molar-refractivity contribution is 4.95. The first kappa shape index (κ1) is 13.5. The van der Waals surface area contributed by atoms with Crippen molar-refractivity contribution in [2.75, 3.05) is 13.1 Å². The fourth-order valence-corrected chi connectivity index (χ4v) is 1.40. The van der Waals surface area contributed by atoms with Crippen LogP contribution in [0.25, 0.3) is 0 Å². The first-order valence-corrected chi connectivity index (χ1v) is 5.85. The van der Waals surface area contributed by atoms with Gasteiger partial charge in [0.1, 0.15) is 0 Å². The largest absolute Gasteiger partial charge is 0.385 e. The van der Waals surface area contributed by atoms with Crippen LogP contribution in [0.2, 0.25) is 0 Å². The fraction of sp³-hybridized carbons (Fsp3) is 0.833. The van der Waals surface area contributed by atoms with Gasteiger partial charge in [0.25, 0.3) is 0 Å². The Hall–Kier alpha value is -0.500. The van der Waals surface area contributed by atoms with E-state index in [1.807, 2.05) is 0 Å². The van der Waals surface area contributed by atoms with Crippen LogP contribution in [0, 0.1) is 0 Å². The van der Waals surface area contributed by atoms with Crippen molar-refractivity contribution >= 4 is 0 Å². The lowest BCUT2D eigenvalue weighted by molar-refractivity contribution is 0.527. The van der Waals surface area contributed by atoms with Gasteiger partial charge in [-0.05, 0) is 26.3 Å². The molecular weight excluding hydrogens is 172 g/mol. The van der Waals surface area contributed by atoms with Gasteiger partial charge in [0.15, 0.2) is 0 Å². The third kappa shape index (κ3) is 8.11. The maximum absolute atomic E-state index is 4.00. The van der Waals surface area contributed by atoms with Crippen molar-refractivity contribution in [3.63, 3.8) is 0 Å². The maximum Gasteiger partial charge on any atom is 0.0348 e. The van der Waals surface area contributed by atoms with E-state index >= 15 is 0 Å². The van der Waals surface area contributed by atoms with E-state index in [9.17, 15) is 0 Å². The Morgan fingerprint density at radius 3 is 2.57 bits per heavy atom. The van der Waals surface area contributed by atoms with E-state index < -0.39 is 0 Å². The molecular formula is C12H26N2. The monoisotopic (exact) mass is 198 g/mol. The third-order valence-electron chi connectivity index (χ3n) is 2.21. The lowest BCUT2D eigenvalue weighted by Gasteiger charge is -2.17. The van der Waals surface area contributed by atoms with Crippen LogP contribution in [-0.2, 0) is 0 Å². The van der Waals surface area contributed by atoms with Gasteiger partial charge in [-0.3, -0.25) is 0 Å². The highest BCUT2D eigenvalue weighted by Gasteiger charge is 2.01. The van der Waals surface area contributed by atoms with Crippen molar-refractivity contribution in [3.8, 4) is 0 Å². The smallest absolute Gasteiger partial charge is 0.0348 e. The van der Waals surface area contributed by atoms with Gasteiger partial charge in [-0.15, -0.1) is 0 Å². The Balaban J connectivity index is 3.40. The summed E-state index contributed by atoms with van der Waals surface area (Å²) in [7, 11) is 0. The molecule has 0 aromatic rings. The van der Waals surface area contributed by atoms with Gasteiger partial charge in [0.2, 0.25) is 0 Å². The Morgan fingerprint density at radius 1 is 1.29 bits per heavy atom. The van der Waals surface area contributed by atoms with E-state index in [-0.39, 0.29) is 0 Å². The molecule has 0 aromatic heterocycles. The van der Waals surface area contributed by atoms with E-state index in [2.05, 4.69) is 38.0 Å². The Bertz CT molecular complexity index is 143. The molecule has 1 atom stereocenters. The zero-order valence-electron chi connectivity index (χ0n) is 10.0. The van der Waals surface area contributed by atoms with Crippen LogP contribution >= 0.6 is 0 Å². The van der Waals surface area contributed by atoms with Crippen LogP contribution < -0.4 is 10.6 Å². The summed E-state index contributed by atoms with van der Waals surface area (Å²) in [6.07, 6.45) is 4.98. The number of hydrogen-bond acceptors (Lipinski definition) is 2. The van der Waals surface area contributed by atoms with Crippen molar-refractivity contribution < 1.29 is 0 Å². The van der Waals surface area contributed by atoms with Gasteiger partial charge in [-0.25, -0.2) is 0 Å². The predicted octanol–water partition coefficient (Wildman–Crippen LogP) is 2.67. The molecule has 0 rings (SSSR count). The topological polar surface area (TPSA) is 24.1 Å². The second kappa shape index (κ2) is 9.07. The predicted molar refractivity (Wildman–Crippen MR) is 64.4 cm³/mol. The number of nitrogens with one attached hydrogen (secondary N) is 2. The van der Waals surface area contributed by atoms with Crippen molar-refractivity contribution in [2.45, 2.75) is 52.5 Å². The maximum atomic E-state index is 4.00. The van der Waals surface area contributed by atoms with Gasteiger partial charge in [-0.2, -0.15) is 0 Å². The second-order valence-corrected chi connectivity index (χ2v) is 3.97.